The lowest BCUT2D eigenvalue weighted by Crippen LogP contribution is -2.05. The summed E-state index contributed by atoms with van der Waals surface area (Å²) in [5, 5.41) is 0.210. The summed E-state index contributed by atoms with van der Waals surface area (Å²) in [6, 6.07) is 2.41. The van der Waals surface area contributed by atoms with E-state index in [0.717, 1.165) is 6.07 Å². The van der Waals surface area contributed by atoms with E-state index in [2.05, 4.69) is 20.7 Å². The minimum atomic E-state index is -0.449. The lowest BCUT2D eigenvalue weighted by molar-refractivity contribution is -0.139. The van der Waals surface area contributed by atoms with Crippen molar-refractivity contribution in [3.8, 4) is 0 Å². The first-order valence-electron chi connectivity index (χ1n) is 3.75. The highest BCUT2D eigenvalue weighted by molar-refractivity contribution is 9.10. The molecule has 0 aliphatic rings. The van der Waals surface area contributed by atoms with Crippen LogP contribution in [0.1, 0.15) is 5.56 Å². The highest BCUT2D eigenvalue weighted by Crippen LogP contribution is 2.27. The summed E-state index contributed by atoms with van der Waals surface area (Å²) in [5.74, 6) is -0.866. The number of hydrogen-bond donors (Lipinski definition) is 0. The molecule has 14 heavy (non-hydrogen) atoms. The number of methoxy groups -OCH3 is 1. The molecule has 0 bridgehead atoms. The van der Waals surface area contributed by atoms with Gasteiger partial charge in [-0.15, -0.1) is 0 Å². The Morgan fingerprint density at radius 2 is 2.29 bits per heavy atom. The van der Waals surface area contributed by atoms with Crippen LogP contribution in [-0.4, -0.2) is 13.1 Å². The van der Waals surface area contributed by atoms with Gasteiger partial charge >= 0.3 is 5.97 Å². The Bertz CT molecular complexity index is 345. The molecule has 1 aromatic carbocycles. The summed E-state index contributed by atoms with van der Waals surface area (Å²) in [4.78, 5) is 11.0. The van der Waals surface area contributed by atoms with Gasteiger partial charge in [-0.05, 0) is 17.7 Å². The molecule has 0 unspecified atom stereocenters. The van der Waals surface area contributed by atoms with E-state index in [1.54, 1.807) is 0 Å². The van der Waals surface area contributed by atoms with Gasteiger partial charge in [-0.3, -0.25) is 4.79 Å². The molecule has 2 nitrogen and oxygen atoms in total. The summed E-state index contributed by atoms with van der Waals surface area (Å²) >= 11 is 8.88. The number of esters is 1. The zero-order valence-corrected chi connectivity index (χ0v) is 9.65. The Morgan fingerprint density at radius 1 is 1.64 bits per heavy atom. The Labute approximate surface area is 94.1 Å². The first-order chi connectivity index (χ1) is 6.54. The molecule has 0 heterocycles. The van der Waals surface area contributed by atoms with Crippen molar-refractivity contribution in [2.24, 2.45) is 0 Å². The van der Waals surface area contributed by atoms with Crippen LogP contribution in [-0.2, 0) is 16.0 Å². The smallest absolute Gasteiger partial charge is 0.310 e. The van der Waals surface area contributed by atoms with Crippen LogP contribution in [0.4, 0.5) is 4.39 Å². The van der Waals surface area contributed by atoms with Crippen LogP contribution in [0.5, 0.6) is 0 Å². The van der Waals surface area contributed by atoms with Crippen LogP contribution in [0.15, 0.2) is 16.6 Å². The normalized spacial score (nSPS) is 10.0. The number of ether oxygens (including phenoxy) is 1. The van der Waals surface area contributed by atoms with Crippen LogP contribution in [0.25, 0.3) is 0 Å². The molecular formula is C9H7BrClFO2. The molecule has 0 spiro atoms. The first kappa shape index (κ1) is 11.5. The van der Waals surface area contributed by atoms with Gasteiger partial charge in [0.05, 0.1) is 13.5 Å². The largest absolute Gasteiger partial charge is 0.469 e. The third kappa shape index (κ3) is 2.69. The van der Waals surface area contributed by atoms with E-state index in [4.69, 9.17) is 11.6 Å². The van der Waals surface area contributed by atoms with Crippen molar-refractivity contribution in [2.45, 2.75) is 6.42 Å². The third-order valence-electron chi connectivity index (χ3n) is 1.65. The summed E-state index contributed by atoms with van der Waals surface area (Å²) in [6.07, 6.45) is 0.0240. The Morgan fingerprint density at radius 3 is 2.79 bits per heavy atom. The Balaban J connectivity index is 3.02. The molecule has 0 atom stereocenters. The average molecular weight is 282 g/mol. The van der Waals surface area contributed by atoms with Gasteiger partial charge in [0, 0.05) is 9.50 Å². The minimum Gasteiger partial charge on any atom is -0.469 e. The quantitative estimate of drug-likeness (QED) is 0.779. The van der Waals surface area contributed by atoms with Crippen LogP contribution in [0, 0.1) is 5.82 Å². The van der Waals surface area contributed by atoms with E-state index in [9.17, 15) is 9.18 Å². The van der Waals surface area contributed by atoms with Crippen LogP contribution < -0.4 is 0 Å². The van der Waals surface area contributed by atoms with E-state index in [0.29, 0.717) is 10.0 Å². The second-order valence-electron chi connectivity index (χ2n) is 2.60. The van der Waals surface area contributed by atoms with Crippen molar-refractivity contribution >= 4 is 33.5 Å². The number of carbonyl (C=O) groups excluding carboxylic acids is 1. The minimum absolute atomic E-state index is 0.0240. The molecule has 0 N–H and O–H groups in total. The zero-order valence-electron chi connectivity index (χ0n) is 7.31. The molecule has 0 fully saturated rings. The number of hydrogen-bond acceptors (Lipinski definition) is 2. The SMILES string of the molecule is COC(=O)Cc1c(Cl)cc(F)cc1Br. The molecule has 5 heteroatoms. The molecule has 1 rings (SSSR count). The lowest BCUT2D eigenvalue weighted by atomic mass is 10.1. The predicted molar refractivity (Wildman–Crippen MR) is 54.8 cm³/mol. The highest BCUT2D eigenvalue weighted by Gasteiger charge is 2.12. The Kier molecular flexibility index (Phi) is 3.89. The fraction of sp³-hybridized carbons (Fsp3) is 0.222. The van der Waals surface area contributed by atoms with E-state index in [1.807, 2.05) is 0 Å². The monoisotopic (exact) mass is 280 g/mol. The molecule has 0 aliphatic heterocycles. The molecular weight excluding hydrogens is 274 g/mol. The summed E-state index contributed by atoms with van der Waals surface area (Å²) in [6.45, 7) is 0. The summed E-state index contributed by atoms with van der Waals surface area (Å²) in [7, 11) is 1.29. The molecule has 0 aromatic heterocycles. The molecule has 0 amide bonds. The van der Waals surface area contributed by atoms with Crippen LogP contribution >= 0.6 is 27.5 Å². The number of halogens is 3. The van der Waals surface area contributed by atoms with Crippen molar-refractivity contribution < 1.29 is 13.9 Å². The second kappa shape index (κ2) is 4.75. The van der Waals surface area contributed by atoms with Crippen molar-refractivity contribution in [3.05, 3.63) is 33.0 Å². The third-order valence-corrected chi connectivity index (χ3v) is 2.70. The fourth-order valence-corrected chi connectivity index (χ4v) is 1.92. The van der Waals surface area contributed by atoms with Crippen molar-refractivity contribution in [1.29, 1.82) is 0 Å². The van der Waals surface area contributed by atoms with E-state index >= 15 is 0 Å². The first-order valence-corrected chi connectivity index (χ1v) is 4.92. The fourth-order valence-electron chi connectivity index (χ4n) is 0.957. The van der Waals surface area contributed by atoms with Gasteiger partial charge in [-0.2, -0.15) is 0 Å². The number of carbonyl (C=O) groups is 1. The molecule has 76 valence electrons. The molecule has 0 radical (unpaired) electrons. The van der Waals surface area contributed by atoms with Gasteiger partial charge in [0.1, 0.15) is 5.82 Å². The maximum atomic E-state index is 12.8. The van der Waals surface area contributed by atoms with Crippen molar-refractivity contribution in [1.82, 2.24) is 0 Å². The topological polar surface area (TPSA) is 26.3 Å². The maximum Gasteiger partial charge on any atom is 0.310 e. The Hall–Kier alpha value is -0.610. The van der Waals surface area contributed by atoms with Crippen LogP contribution in [0.2, 0.25) is 5.02 Å². The molecule has 0 saturated heterocycles. The standard InChI is InChI=1S/C9H7BrClFO2/c1-14-9(13)4-6-7(10)2-5(12)3-8(6)11/h2-3H,4H2,1H3. The van der Waals surface area contributed by atoms with Gasteiger partial charge in [-0.25, -0.2) is 4.39 Å². The number of rotatable bonds is 2. The lowest BCUT2D eigenvalue weighted by Gasteiger charge is -2.05. The second-order valence-corrected chi connectivity index (χ2v) is 3.86. The predicted octanol–water partition coefficient (Wildman–Crippen LogP) is 2.96. The van der Waals surface area contributed by atoms with Crippen LogP contribution in [0.3, 0.4) is 0 Å². The number of benzene rings is 1. The molecule has 0 saturated carbocycles. The molecule has 0 aliphatic carbocycles. The maximum absolute atomic E-state index is 12.8. The van der Waals surface area contributed by atoms with Crippen molar-refractivity contribution in [2.75, 3.05) is 7.11 Å². The van der Waals surface area contributed by atoms with Gasteiger partial charge < -0.3 is 4.74 Å². The van der Waals surface area contributed by atoms with Gasteiger partial charge in [0.15, 0.2) is 0 Å². The van der Waals surface area contributed by atoms with Gasteiger partial charge in [0.25, 0.3) is 0 Å². The van der Waals surface area contributed by atoms with Gasteiger partial charge in [0.2, 0.25) is 0 Å². The van der Waals surface area contributed by atoms with E-state index in [1.165, 1.54) is 13.2 Å². The highest BCUT2D eigenvalue weighted by atomic mass is 79.9. The summed E-state index contributed by atoms with van der Waals surface area (Å²) in [5.41, 5.74) is 0.528. The van der Waals surface area contributed by atoms with Crippen molar-refractivity contribution in [3.63, 3.8) is 0 Å². The van der Waals surface area contributed by atoms with E-state index < -0.39 is 11.8 Å². The average Bonchev–Trinajstić information content (AvgIpc) is 2.10. The molecule has 1 aromatic rings. The van der Waals surface area contributed by atoms with Gasteiger partial charge in [-0.1, -0.05) is 27.5 Å². The zero-order chi connectivity index (χ0) is 10.7. The van der Waals surface area contributed by atoms with E-state index in [-0.39, 0.29) is 11.4 Å². The summed E-state index contributed by atoms with van der Waals surface area (Å²) < 4.78 is 17.7.